The first-order valence-electron chi connectivity index (χ1n) is 6.26. The molecule has 6 heteroatoms. The minimum atomic E-state index is -1.05. The Kier molecular flexibility index (Phi) is 9.00. The van der Waals surface area contributed by atoms with Gasteiger partial charge in [0, 0.05) is 6.61 Å². The van der Waals surface area contributed by atoms with Crippen molar-refractivity contribution in [3.8, 4) is 0 Å². The van der Waals surface area contributed by atoms with Crippen molar-refractivity contribution in [2.45, 2.75) is 39.7 Å². The van der Waals surface area contributed by atoms with Crippen molar-refractivity contribution in [3.63, 3.8) is 0 Å². The van der Waals surface area contributed by atoms with Gasteiger partial charge in [0.05, 0.1) is 6.61 Å². The molecule has 0 radical (unpaired) electrons. The van der Waals surface area contributed by atoms with Crippen molar-refractivity contribution >= 4 is 12.1 Å². The Morgan fingerprint density at radius 2 is 1.89 bits per heavy atom. The fraction of sp³-hybridized carbons (Fsp3) is 0.833. The van der Waals surface area contributed by atoms with Gasteiger partial charge in [-0.2, -0.15) is 0 Å². The van der Waals surface area contributed by atoms with Gasteiger partial charge in [-0.1, -0.05) is 27.2 Å². The minimum Gasteiger partial charge on any atom is -0.480 e. The molecule has 106 valence electrons. The molecule has 2 unspecified atom stereocenters. The van der Waals surface area contributed by atoms with E-state index in [9.17, 15) is 9.59 Å². The van der Waals surface area contributed by atoms with Gasteiger partial charge in [-0.15, -0.1) is 0 Å². The highest BCUT2D eigenvalue weighted by Gasteiger charge is 2.25. The molecule has 2 atom stereocenters. The second-order valence-corrected chi connectivity index (χ2v) is 4.09. The van der Waals surface area contributed by atoms with Crippen molar-refractivity contribution in [2.24, 2.45) is 5.92 Å². The van der Waals surface area contributed by atoms with E-state index in [0.717, 1.165) is 6.42 Å². The van der Waals surface area contributed by atoms with E-state index in [1.807, 2.05) is 13.8 Å². The number of carbonyl (C=O) groups excluding carboxylic acids is 1. The molecule has 18 heavy (non-hydrogen) atoms. The Morgan fingerprint density at radius 1 is 1.22 bits per heavy atom. The van der Waals surface area contributed by atoms with Crippen LogP contribution in [-0.4, -0.2) is 43.0 Å². The summed E-state index contributed by atoms with van der Waals surface area (Å²) >= 11 is 0. The Morgan fingerprint density at radius 3 is 2.39 bits per heavy atom. The van der Waals surface area contributed by atoms with Gasteiger partial charge in [0.2, 0.25) is 0 Å². The Labute approximate surface area is 108 Å². The maximum atomic E-state index is 11.4. The minimum absolute atomic E-state index is 0.124. The lowest BCUT2D eigenvalue weighted by Gasteiger charge is -2.19. The molecular formula is C12H23NO5. The summed E-state index contributed by atoms with van der Waals surface area (Å²) in [6.07, 6.45) is 0.848. The zero-order valence-corrected chi connectivity index (χ0v) is 11.3. The topological polar surface area (TPSA) is 84.9 Å². The SMILES string of the molecule is CCCOCCOC(=O)NC(C(=O)O)C(C)CC. The lowest BCUT2D eigenvalue weighted by Crippen LogP contribution is -2.45. The molecule has 0 aromatic carbocycles. The average Bonchev–Trinajstić information content (AvgIpc) is 2.34. The fourth-order valence-corrected chi connectivity index (χ4v) is 1.29. The molecule has 2 N–H and O–H groups in total. The smallest absolute Gasteiger partial charge is 0.407 e. The quantitative estimate of drug-likeness (QED) is 0.616. The third-order valence-corrected chi connectivity index (χ3v) is 2.56. The summed E-state index contributed by atoms with van der Waals surface area (Å²) in [4.78, 5) is 22.3. The third-order valence-electron chi connectivity index (χ3n) is 2.56. The Bertz CT molecular complexity index is 257. The van der Waals surface area contributed by atoms with Crippen molar-refractivity contribution < 1.29 is 24.2 Å². The van der Waals surface area contributed by atoms with E-state index in [4.69, 9.17) is 14.6 Å². The fourth-order valence-electron chi connectivity index (χ4n) is 1.29. The number of hydrogen-bond acceptors (Lipinski definition) is 4. The first kappa shape index (κ1) is 16.7. The largest absolute Gasteiger partial charge is 0.480 e. The molecule has 0 aliphatic rings. The number of hydrogen-bond donors (Lipinski definition) is 2. The van der Waals surface area contributed by atoms with Gasteiger partial charge in [-0.05, 0) is 12.3 Å². The summed E-state index contributed by atoms with van der Waals surface area (Å²) < 4.78 is 9.96. The van der Waals surface area contributed by atoms with Crippen LogP contribution in [0.5, 0.6) is 0 Å². The lowest BCUT2D eigenvalue weighted by molar-refractivity contribution is -0.140. The second-order valence-electron chi connectivity index (χ2n) is 4.09. The highest BCUT2D eigenvalue weighted by molar-refractivity contribution is 5.80. The van der Waals surface area contributed by atoms with E-state index in [0.29, 0.717) is 19.6 Å². The van der Waals surface area contributed by atoms with Gasteiger partial charge in [-0.25, -0.2) is 9.59 Å². The van der Waals surface area contributed by atoms with Crippen LogP contribution >= 0.6 is 0 Å². The Hall–Kier alpha value is -1.30. The zero-order valence-electron chi connectivity index (χ0n) is 11.3. The molecule has 0 rings (SSSR count). The highest BCUT2D eigenvalue weighted by Crippen LogP contribution is 2.07. The van der Waals surface area contributed by atoms with Gasteiger partial charge in [-0.3, -0.25) is 0 Å². The molecule has 0 fully saturated rings. The summed E-state index contributed by atoms with van der Waals surface area (Å²) in [5.41, 5.74) is 0. The maximum absolute atomic E-state index is 11.4. The lowest BCUT2D eigenvalue weighted by atomic mass is 10.00. The highest BCUT2D eigenvalue weighted by atomic mass is 16.6. The molecule has 0 bridgehead atoms. The standard InChI is InChI=1S/C12H23NO5/c1-4-6-17-7-8-18-12(16)13-10(11(14)15)9(3)5-2/h9-10H,4-8H2,1-3H3,(H,13,16)(H,14,15). The van der Waals surface area contributed by atoms with Gasteiger partial charge < -0.3 is 19.9 Å². The van der Waals surface area contributed by atoms with E-state index in [1.54, 1.807) is 6.92 Å². The molecule has 0 heterocycles. The third kappa shape index (κ3) is 7.11. The number of carboxylic acids is 1. The number of ether oxygens (including phenoxy) is 2. The van der Waals surface area contributed by atoms with E-state index < -0.39 is 18.1 Å². The normalized spacial score (nSPS) is 13.7. The van der Waals surface area contributed by atoms with Crippen LogP contribution < -0.4 is 5.32 Å². The molecule has 0 saturated carbocycles. The monoisotopic (exact) mass is 261 g/mol. The van der Waals surface area contributed by atoms with Crippen LogP contribution in [0.1, 0.15) is 33.6 Å². The molecule has 0 spiro atoms. The van der Waals surface area contributed by atoms with Gasteiger partial charge in [0.25, 0.3) is 0 Å². The molecule has 0 saturated heterocycles. The van der Waals surface area contributed by atoms with E-state index >= 15 is 0 Å². The predicted octanol–water partition coefficient (Wildman–Crippen LogP) is 1.64. The molecule has 6 nitrogen and oxygen atoms in total. The summed E-state index contributed by atoms with van der Waals surface area (Å²) in [5.74, 6) is -1.20. The molecule has 1 amide bonds. The van der Waals surface area contributed by atoms with Crippen LogP contribution in [0.25, 0.3) is 0 Å². The summed E-state index contributed by atoms with van der Waals surface area (Å²) in [7, 11) is 0. The van der Waals surface area contributed by atoms with E-state index in [1.165, 1.54) is 0 Å². The summed E-state index contributed by atoms with van der Waals surface area (Å²) in [6, 6.07) is -0.918. The molecule has 0 aliphatic heterocycles. The van der Waals surface area contributed by atoms with Crippen LogP contribution in [-0.2, 0) is 14.3 Å². The van der Waals surface area contributed by atoms with Crippen molar-refractivity contribution in [2.75, 3.05) is 19.8 Å². The first-order chi connectivity index (χ1) is 8.52. The number of alkyl carbamates (subject to hydrolysis) is 1. The molecule has 0 aromatic rings. The van der Waals surface area contributed by atoms with Crippen LogP contribution in [0, 0.1) is 5.92 Å². The zero-order chi connectivity index (χ0) is 14.0. The van der Waals surface area contributed by atoms with Crippen LogP contribution in [0.2, 0.25) is 0 Å². The predicted molar refractivity (Wildman–Crippen MR) is 66.5 cm³/mol. The maximum Gasteiger partial charge on any atom is 0.407 e. The van der Waals surface area contributed by atoms with Gasteiger partial charge >= 0.3 is 12.1 Å². The van der Waals surface area contributed by atoms with E-state index in [2.05, 4.69) is 5.32 Å². The molecular weight excluding hydrogens is 238 g/mol. The number of nitrogens with one attached hydrogen (secondary N) is 1. The Balaban J connectivity index is 3.92. The molecule has 0 aromatic heterocycles. The number of amides is 1. The van der Waals surface area contributed by atoms with Crippen LogP contribution in [0.4, 0.5) is 4.79 Å². The van der Waals surface area contributed by atoms with Crippen LogP contribution in [0.3, 0.4) is 0 Å². The number of rotatable bonds is 9. The first-order valence-corrected chi connectivity index (χ1v) is 6.26. The number of carbonyl (C=O) groups is 2. The summed E-state index contributed by atoms with van der Waals surface area (Å²) in [5, 5.41) is 11.3. The van der Waals surface area contributed by atoms with Gasteiger partial charge in [0.1, 0.15) is 12.6 Å². The van der Waals surface area contributed by atoms with Crippen LogP contribution in [0.15, 0.2) is 0 Å². The van der Waals surface area contributed by atoms with Crippen molar-refractivity contribution in [1.29, 1.82) is 0 Å². The molecule has 0 aliphatic carbocycles. The van der Waals surface area contributed by atoms with Crippen molar-refractivity contribution in [3.05, 3.63) is 0 Å². The number of aliphatic carboxylic acids is 1. The average molecular weight is 261 g/mol. The van der Waals surface area contributed by atoms with Gasteiger partial charge in [0.15, 0.2) is 0 Å². The number of carboxylic acid groups (broad SMARTS) is 1. The van der Waals surface area contributed by atoms with E-state index in [-0.39, 0.29) is 12.5 Å². The second kappa shape index (κ2) is 9.70. The van der Waals surface area contributed by atoms with Crippen molar-refractivity contribution in [1.82, 2.24) is 5.32 Å². The summed E-state index contributed by atoms with van der Waals surface area (Å²) in [6.45, 7) is 6.68.